The molecule has 0 aromatic heterocycles. The van der Waals surface area contributed by atoms with Gasteiger partial charge >= 0.3 is 5.97 Å². The van der Waals surface area contributed by atoms with Crippen molar-refractivity contribution in [3.05, 3.63) is 59.9 Å². The molecule has 0 bridgehead atoms. The standard InChI is InChI=1S/C27H35F2NO3/c1-4-27(29,5-2)19-30-15-13-21(14-16-30)18-32-20(3)33-26(31)24-12-11-23(17-25(24)28)22-9-7-6-8-10-22/h6-12,17,20-21H,4-5,13-16,18-19H2,1-3H3. The molecule has 1 heterocycles. The largest absolute Gasteiger partial charge is 0.432 e. The third-order valence-electron chi connectivity index (χ3n) is 6.62. The van der Waals surface area contributed by atoms with E-state index < -0.39 is 23.7 Å². The van der Waals surface area contributed by atoms with Crippen LogP contribution in [0.25, 0.3) is 11.1 Å². The molecule has 33 heavy (non-hydrogen) atoms. The van der Waals surface area contributed by atoms with E-state index in [1.807, 2.05) is 44.2 Å². The van der Waals surface area contributed by atoms with E-state index in [4.69, 9.17) is 9.47 Å². The number of carbonyl (C=O) groups is 1. The van der Waals surface area contributed by atoms with Crippen molar-refractivity contribution < 1.29 is 23.0 Å². The van der Waals surface area contributed by atoms with E-state index in [1.54, 1.807) is 13.0 Å². The van der Waals surface area contributed by atoms with Gasteiger partial charge in [0, 0.05) is 6.54 Å². The van der Waals surface area contributed by atoms with Crippen molar-refractivity contribution in [2.24, 2.45) is 5.92 Å². The SMILES string of the molecule is CCC(F)(CC)CN1CCC(COC(C)OC(=O)c2ccc(-c3ccccc3)cc2F)CC1. The normalized spacial score (nSPS) is 16.5. The molecule has 6 heteroatoms. The molecule has 0 saturated carbocycles. The van der Waals surface area contributed by atoms with Crippen LogP contribution in [0.2, 0.25) is 0 Å². The number of carbonyl (C=O) groups excluding carboxylic acids is 1. The molecule has 1 aliphatic heterocycles. The Morgan fingerprint density at radius 1 is 1.09 bits per heavy atom. The van der Waals surface area contributed by atoms with Crippen molar-refractivity contribution in [1.82, 2.24) is 4.90 Å². The lowest BCUT2D eigenvalue weighted by atomic mass is 9.94. The van der Waals surface area contributed by atoms with Gasteiger partial charge in [0.25, 0.3) is 0 Å². The average Bonchev–Trinajstić information content (AvgIpc) is 2.84. The van der Waals surface area contributed by atoms with Crippen molar-refractivity contribution in [2.75, 3.05) is 26.2 Å². The van der Waals surface area contributed by atoms with Gasteiger partial charge in [-0.1, -0.05) is 50.2 Å². The first-order chi connectivity index (χ1) is 15.8. The molecule has 2 aromatic rings. The van der Waals surface area contributed by atoms with Gasteiger partial charge in [0.15, 0.2) is 0 Å². The van der Waals surface area contributed by atoms with Crippen molar-refractivity contribution in [1.29, 1.82) is 0 Å². The smallest absolute Gasteiger partial charge is 0.343 e. The van der Waals surface area contributed by atoms with Crippen LogP contribution < -0.4 is 0 Å². The molecule has 3 rings (SSSR count). The Labute approximate surface area is 195 Å². The summed E-state index contributed by atoms with van der Waals surface area (Å²) in [5, 5.41) is 0. The highest BCUT2D eigenvalue weighted by molar-refractivity contribution is 5.90. The maximum Gasteiger partial charge on any atom is 0.343 e. The minimum Gasteiger partial charge on any atom is -0.432 e. The lowest BCUT2D eigenvalue weighted by Gasteiger charge is -2.36. The summed E-state index contributed by atoms with van der Waals surface area (Å²) in [4.78, 5) is 14.6. The van der Waals surface area contributed by atoms with Crippen molar-refractivity contribution in [3.63, 3.8) is 0 Å². The lowest BCUT2D eigenvalue weighted by molar-refractivity contribution is -0.111. The number of likely N-dealkylation sites (tertiary alicyclic amines) is 1. The van der Waals surface area contributed by atoms with Crippen molar-refractivity contribution in [2.45, 2.75) is 58.4 Å². The second kappa shape index (κ2) is 11.7. The Balaban J connectivity index is 1.44. The topological polar surface area (TPSA) is 38.8 Å². The second-order valence-electron chi connectivity index (χ2n) is 8.94. The second-order valence-corrected chi connectivity index (χ2v) is 8.94. The number of esters is 1. The molecule has 0 amide bonds. The third-order valence-corrected chi connectivity index (χ3v) is 6.62. The van der Waals surface area contributed by atoms with Gasteiger partial charge in [0.1, 0.15) is 11.5 Å². The summed E-state index contributed by atoms with van der Waals surface area (Å²) in [6.45, 7) is 8.06. The van der Waals surface area contributed by atoms with Gasteiger partial charge in [-0.2, -0.15) is 0 Å². The fourth-order valence-electron chi connectivity index (χ4n) is 4.20. The zero-order valence-corrected chi connectivity index (χ0v) is 19.9. The molecule has 1 fully saturated rings. The molecular weight excluding hydrogens is 424 g/mol. The van der Waals surface area contributed by atoms with E-state index in [2.05, 4.69) is 4.90 Å². The van der Waals surface area contributed by atoms with Gasteiger partial charge in [0.05, 0.1) is 12.2 Å². The van der Waals surface area contributed by atoms with Crippen LogP contribution in [0.5, 0.6) is 0 Å². The van der Waals surface area contributed by atoms with E-state index in [-0.39, 0.29) is 5.56 Å². The van der Waals surface area contributed by atoms with Crippen LogP contribution in [0.4, 0.5) is 8.78 Å². The monoisotopic (exact) mass is 459 g/mol. The summed E-state index contributed by atoms with van der Waals surface area (Å²) >= 11 is 0. The highest BCUT2D eigenvalue weighted by atomic mass is 19.1. The van der Waals surface area contributed by atoms with Gasteiger partial charge in [-0.15, -0.1) is 0 Å². The number of benzene rings is 2. The molecule has 1 atom stereocenters. The van der Waals surface area contributed by atoms with Crippen LogP contribution in [-0.4, -0.2) is 49.1 Å². The molecule has 1 aliphatic rings. The summed E-state index contributed by atoms with van der Waals surface area (Å²) in [5.41, 5.74) is 0.351. The zero-order chi connectivity index (χ0) is 23.8. The predicted octanol–water partition coefficient (Wildman–Crippen LogP) is 6.25. The number of piperidine rings is 1. The fraction of sp³-hybridized carbons (Fsp3) is 0.519. The quantitative estimate of drug-likeness (QED) is 0.311. The van der Waals surface area contributed by atoms with Crippen molar-refractivity contribution in [3.8, 4) is 11.1 Å². The van der Waals surface area contributed by atoms with Crippen LogP contribution in [0, 0.1) is 11.7 Å². The Kier molecular flexibility index (Phi) is 8.98. The number of alkyl halides is 1. The highest BCUT2D eigenvalue weighted by Gasteiger charge is 2.30. The predicted molar refractivity (Wildman–Crippen MR) is 126 cm³/mol. The maximum atomic E-state index is 14.6. The minimum atomic E-state index is -1.11. The molecule has 1 unspecified atom stereocenters. The fourth-order valence-corrected chi connectivity index (χ4v) is 4.20. The minimum absolute atomic E-state index is 0.111. The summed E-state index contributed by atoms with van der Waals surface area (Å²) in [7, 11) is 0. The number of rotatable bonds is 10. The molecule has 0 radical (unpaired) electrons. The first-order valence-electron chi connectivity index (χ1n) is 11.9. The Hall–Kier alpha value is -2.31. The van der Waals surface area contributed by atoms with Gasteiger partial charge < -0.3 is 14.4 Å². The van der Waals surface area contributed by atoms with Gasteiger partial charge in [-0.25, -0.2) is 13.6 Å². The summed E-state index contributed by atoms with van der Waals surface area (Å²) in [6.07, 6.45) is 2.12. The Bertz CT molecular complexity index is 893. The van der Waals surface area contributed by atoms with Gasteiger partial charge in [-0.05, 0) is 74.9 Å². The summed E-state index contributed by atoms with van der Waals surface area (Å²) in [6, 6.07) is 13.9. The van der Waals surface area contributed by atoms with E-state index >= 15 is 0 Å². The first-order valence-corrected chi connectivity index (χ1v) is 11.9. The molecule has 4 nitrogen and oxygen atoms in total. The van der Waals surface area contributed by atoms with Gasteiger partial charge in [-0.3, -0.25) is 0 Å². The van der Waals surface area contributed by atoms with Crippen LogP contribution in [-0.2, 0) is 9.47 Å². The maximum absolute atomic E-state index is 14.6. The number of nitrogens with zero attached hydrogens (tertiary/aromatic N) is 1. The molecule has 180 valence electrons. The third kappa shape index (κ3) is 7.08. The lowest BCUT2D eigenvalue weighted by Crippen LogP contribution is -2.44. The summed E-state index contributed by atoms with van der Waals surface area (Å²) in [5.74, 6) is -1.03. The molecule has 0 N–H and O–H groups in total. The molecule has 0 spiro atoms. The van der Waals surface area contributed by atoms with Crippen LogP contribution in [0.3, 0.4) is 0 Å². The molecule has 1 saturated heterocycles. The molecule has 0 aliphatic carbocycles. The van der Waals surface area contributed by atoms with Crippen LogP contribution >= 0.6 is 0 Å². The van der Waals surface area contributed by atoms with E-state index in [0.717, 1.165) is 31.5 Å². The molecular formula is C27H35F2NO3. The number of hydrogen-bond acceptors (Lipinski definition) is 4. The van der Waals surface area contributed by atoms with Crippen LogP contribution in [0.1, 0.15) is 56.8 Å². The first kappa shape index (κ1) is 25.3. The summed E-state index contributed by atoms with van der Waals surface area (Å²) < 4.78 is 40.2. The highest BCUT2D eigenvalue weighted by Crippen LogP contribution is 2.26. The van der Waals surface area contributed by atoms with Crippen molar-refractivity contribution >= 4 is 5.97 Å². The van der Waals surface area contributed by atoms with Gasteiger partial charge in [0.2, 0.25) is 6.29 Å². The number of hydrogen-bond donors (Lipinski definition) is 0. The Morgan fingerprint density at radius 2 is 1.76 bits per heavy atom. The van der Waals surface area contributed by atoms with E-state index in [1.165, 1.54) is 12.1 Å². The van der Waals surface area contributed by atoms with E-state index in [9.17, 15) is 13.6 Å². The zero-order valence-electron chi connectivity index (χ0n) is 19.9. The Morgan fingerprint density at radius 3 is 2.36 bits per heavy atom. The van der Waals surface area contributed by atoms with E-state index in [0.29, 0.717) is 37.5 Å². The number of ether oxygens (including phenoxy) is 2. The molecule has 2 aromatic carbocycles. The average molecular weight is 460 g/mol. The number of halogens is 2. The van der Waals surface area contributed by atoms with Crippen LogP contribution in [0.15, 0.2) is 48.5 Å².